The number of pyridine rings is 1. The van der Waals surface area contributed by atoms with Gasteiger partial charge in [0.1, 0.15) is 10.8 Å². The highest BCUT2D eigenvalue weighted by Crippen LogP contribution is 2.38. The van der Waals surface area contributed by atoms with Crippen molar-refractivity contribution in [1.29, 1.82) is 0 Å². The molecule has 0 spiro atoms. The van der Waals surface area contributed by atoms with Gasteiger partial charge in [-0.3, -0.25) is 0 Å². The van der Waals surface area contributed by atoms with Gasteiger partial charge in [-0.15, -0.1) is 0 Å². The molecule has 0 unspecified atom stereocenters. The van der Waals surface area contributed by atoms with Crippen molar-refractivity contribution in [2.75, 3.05) is 0 Å². The molecule has 0 amide bonds. The summed E-state index contributed by atoms with van der Waals surface area (Å²) >= 11 is 11.0. The van der Waals surface area contributed by atoms with Gasteiger partial charge in [0.25, 0.3) is 0 Å². The quantitative estimate of drug-likeness (QED) is 0.649. The van der Waals surface area contributed by atoms with Gasteiger partial charge < -0.3 is 5.11 Å². The van der Waals surface area contributed by atoms with Crippen LogP contribution in [0.25, 0.3) is 10.8 Å². The molecule has 1 heterocycles. The summed E-state index contributed by atoms with van der Waals surface area (Å²) in [4.78, 5) is 5.33. The van der Waals surface area contributed by atoms with Crippen LogP contribution in [0.3, 0.4) is 0 Å². The maximum Gasteiger partial charge on any atom is 0.123 e. The number of phenols is 1. The van der Waals surface area contributed by atoms with Crippen molar-refractivity contribution < 1.29 is 5.11 Å². The molecule has 0 atom stereocenters. The second kappa shape index (κ2) is 5.64. The predicted octanol–water partition coefficient (Wildman–Crippen LogP) is 5.51. The Hall–Kier alpha value is -1.23. The molecule has 0 bridgehead atoms. The number of hydrogen-bond donors (Lipinski definition) is 1. The van der Waals surface area contributed by atoms with Crippen molar-refractivity contribution in [3.05, 3.63) is 58.2 Å². The predicted molar refractivity (Wildman–Crippen MR) is 86.7 cm³/mol. The third-order valence-electron chi connectivity index (χ3n) is 2.84. The van der Waals surface area contributed by atoms with E-state index in [2.05, 4.69) is 20.9 Å². The Labute approximate surface area is 133 Å². The van der Waals surface area contributed by atoms with Crippen molar-refractivity contribution in [1.82, 2.24) is 4.98 Å². The molecule has 100 valence electrons. The lowest BCUT2D eigenvalue weighted by molar-refractivity contribution is 0.481. The van der Waals surface area contributed by atoms with Gasteiger partial charge in [-0.1, -0.05) is 47.6 Å². The number of aromatic hydroxyl groups is 1. The van der Waals surface area contributed by atoms with E-state index in [4.69, 9.17) is 11.6 Å². The Bertz CT molecular complexity index is 794. The Morgan fingerprint density at radius 3 is 2.60 bits per heavy atom. The van der Waals surface area contributed by atoms with E-state index in [1.807, 2.05) is 36.4 Å². The van der Waals surface area contributed by atoms with Crippen LogP contribution in [0.1, 0.15) is 0 Å². The number of fused-ring (bicyclic) bond motifs is 1. The molecule has 3 rings (SSSR count). The number of rotatable bonds is 2. The molecule has 0 fully saturated rings. The molecule has 0 aliphatic carbocycles. The Kier molecular flexibility index (Phi) is 3.87. The van der Waals surface area contributed by atoms with E-state index in [-0.39, 0.29) is 5.75 Å². The summed E-state index contributed by atoms with van der Waals surface area (Å²) < 4.78 is 0.849. The largest absolute Gasteiger partial charge is 0.507 e. The van der Waals surface area contributed by atoms with Gasteiger partial charge in [-0.25, -0.2) is 4.98 Å². The summed E-state index contributed by atoms with van der Waals surface area (Å²) in [5, 5.41) is 13.0. The minimum Gasteiger partial charge on any atom is -0.507 e. The smallest absolute Gasteiger partial charge is 0.123 e. The lowest BCUT2D eigenvalue weighted by atomic mass is 10.1. The molecule has 20 heavy (non-hydrogen) atoms. The van der Waals surface area contributed by atoms with Gasteiger partial charge in [0.05, 0.1) is 5.02 Å². The Morgan fingerprint density at radius 2 is 1.85 bits per heavy atom. The van der Waals surface area contributed by atoms with Crippen LogP contribution in [0.2, 0.25) is 5.02 Å². The molecule has 3 aromatic rings. The molecule has 2 nitrogen and oxygen atoms in total. The normalized spacial score (nSPS) is 10.9. The molecular weight excluding hydrogens is 358 g/mol. The minimum absolute atomic E-state index is 0.278. The first-order chi connectivity index (χ1) is 9.65. The van der Waals surface area contributed by atoms with Crippen LogP contribution in [0.5, 0.6) is 5.75 Å². The molecule has 0 aliphatic rings. The second-order valence-electron chi connectivity index (χ2n) is 4.17. The lowest BCUT2D eigenvalue weighted by Crippen LogP contribution is -1.84. The fourth-order valence-electron chi connectivity index (χ4n) is 1.93. The van der Waals surface area contributed by atoms with Crippen LogP contribution >= 0.6 is 39.3 Å². The van der Waals surface area contributed by atoms with E-state index < -0.39 is 0 Å². The van der Waals surface area contributed by atoms with Crippen molar-refractivity contribution in [2.45, 2.75) is 9.92 Å². The number of nitrogens with zero attached hydrogens (tertiary/aromatic N) is 1. The zero-order chi connectivity index (χ0) is 14.1. The SMILES string of the molecule is Oc1ccc(Sc2ncc(Br)cc2Cl)c2ccccc12. The third-order valence-corrected chi connectivity index (χ3v) is 4.77. The summed E-state index contributed by atoms with van der Waals surface area (Å²) in [6.45, 7) is 0. The molecule has 0 aliphatic heterocycles. The summed E-state index contributed by atoms with van der Waals surface area (Å²) in [5.74, 6) is 0.278. The van der Waals surface area contributed by atoms with Gasteiger partial charge >= 0.3 is 0 Å². The van der Waals surface area contributed by atoms with Crippen molar-refractivity contribution in [3.8, 4) is 5.75 Å². The summed E-state index contributed by atoms with van der Waals surface area (Å²) in [6.07, 6.45) is 1.72. The van der Waals surface area contributed by atoms with Crippen molar-refractivity contribution >= 4 is 50.1 Å². The van der Waals surface area contributed by atoms with Gasteiger partial charge in [0.15, 0.2) is 0 Å². The first-order valence-corrected chi connectivity index (χ1v) is 7.83. The minimum atomic E-state index is 0.278. The fourth-order valence-corrected chi connectivity index (χ4v) is 3.57. The highest BCUT2D eigenvalue weighted by molar-refractivity contribution is 9.10. The number of aromatic nitrogens is 1. The maximum atomic E-state index is 9.90. The van der Waals surface area contributed by atoms with E-state index in [0.717, 1.165) is 25.2 Å². The van der Waals surface area contributed by atoms with Gasteiger partial charge in [-0.05, 0) is 39.5 Å². The molecular formula is C15H9BrClNOS. The van der Waals surface area contributed by atoms with E-state index in [1.54, 1.807) is 12.3 Å². The average molecular weight is 367 g/mol. The monoisotopic (exact) mass is 365 g/mol. The highest BCUT2D eigenvalue weighted by atomic mass is 79.9. The first kappa shape index (κ1) is 13.7. The zero-order valence-corrected chi connectivity index (χ0v) is 13.3. The molecule has 2 aromatic carbocycles. The summed E-state index contributed by atoms with van der Waals surface area (Å²) in [7, 11) is 0. The van der Waals surface area contributed by atoms with Crippen LogP contribution in [-0.4, -0.2) is 10.1 Å². The highest BCUT2D eigenvalue weighted by Gasteiger charge is 2.09. The van der Waals surface area contributed by atoms with Crippen LogP contribution < -0.4 is 0 Å². The molecule has 1 aromatic heterocycles. The number of hydrogen-bond acceptors (Lipinski definition) is 3. The topological polar surface area (TPSA) is 33.1 Å². The van der Waals surface area contributed by atoms with E-state index in [0.29, 0.717) is 5.02 Å². The lowest BCUT2D eigenvalue weighted by Gasteiger charge is -2.08. The average Bonchev–Trinajstić information content (AvgIpc) is 2.45. The van der Waals surface area contributed by atoms with E-state index >= 15 is 0 Å². The maximum absolute atomic E-state index is 9.90. The Morgan fingerprint density at radius 1 is 1.10 bits per heavy atom. The molecule has 5 heteroatoms. The Balaban J connectivity index is 2.09. The second-order valence-corrected chi connectivity index (χ2v) is 6.52. The van der Waals surface area contributed by atoms with Crippen LogP contribution in [0.4, 0.5) is 0 Å². The zero-order valence-electron chi connectivity index (χ0n) is 10.2. The van der Waals surface area contributed by atoms with Gasteiger partial charge in [0, 0.05) is 21.0 Å². The van der Waals surface area contributed by atoms with E-state index in [1.165, 1.54) is 11.8 Å². The molecule has 1 N–H and O–H groups in total. The summed E-state index contributed by atoms with van der Waals surface area (Å²) in [6, 6.07) is 13.1. The number of benzene rings is 2. The summed E-state index contributed by atoms with van der Waals surface area (Å²) in [5.41, 5.74) is 0. The molecule has 0 saturated heterocycles. The number of halogens is 2. The molecule has 0 radical (unpaired) electrons. The third kappa shape index (κ3) is 2.64. The fraction of sp³-hybridized carbons (Fsp3) is 0. The van der Waals surface area contributed by atoms with Crippen molar-refractivity contribution in [2.24, 2.45) is 0 Å². The van der Waals surface area contributed by atoms with Gasteiger partial charge in [0.2, 0.25) is 0 Å². The van der Waals surface area contributed by atoms with Crippen LogP contribution in [-0.2, 0) is 0 Å². The number of phenolic OH excluding ortho intramolecular Hbond substituents is 1. The van der Waals surface area contributed by atoms with Crippen molar-refractivity contribution in [3.63, 3.8) is 0 Å². The van der Waals surface area contributed by atoms with Crippen LogP contribution in [0.15, 0.2) is 63.1 Å². The first-order valence-electron chi connectivity index (χ1n) is 5.85. The standard InChI is InChI=1S/C15H9BrClNOS/c16-9-7-12(17)15(18-8-9)20-14-6-5-13(19)10-3-1-2-4-11(10)14/h1-8,19H. The molecule has 0 saturated carbocycles. The van der Waals surface area contributed by atoms with Gasteiger partial charge in [-0.2, -0.15) is 0 Å². The van der Waals surface area contributed by atoms with E-state index in [9.17, 15) is 5.11 Å². The van der Waals surface area contributed by atoms with Crippen LogP contribution in [0, 0.1) is 0 Å².